The fraction of sp³-hybridized carbons (Fsp3) is 0.364. The lowest BCUT2D eigenvalue weighted by Crippen LogP contribution is -2.11. The number of hydrogen-bond donors (Lipinski definition) is 0. The summed E-state index contributed by atoms with van der Waals surface area (Å²) in [6.45, 7) is 2.11. The molecule has 2 rings (SSSR count). The van der Waals surface area contributed by atoms with Gasteiger partial charge in [0.1, 0.15) is 12.7 Å². The first-order valence-electron chi connectivity index (χ1n) is 5.15. The van der Waals surface area contributed by atoms with Crippen molar-refractivity contribution in [2.24, 2.45) is 0 Å². The average molecular weight is 237 g/mol. The van der Waals surface area contributed by atoms with Gasteiger partial charge in [-0.25, -0.2) is 4.79 Å². The average Bonchev–Trinajstić information content (AvgIpc) is 3.02. The molecule has 0 bridgehead atoms. The summed E-state index contributed by atoms with van der Waals surface area (Å²) < 4.78 is 10.1. The number of carbonyl (C=O) groups excluding carboxylic acids is 1. The fourth-order valence-electron chi connectivity index (χ4n) is 1.37. The molecule has 0 saturated carbocycles. The van der Waals surface area contributed by atoms with E-state index in [0.717, 1.165) is 0 Å². The van der Waals surface area contributed by atoms with E-state index in [1.807, 2.05) is 6.92 Å². The van der Waals surface area contributed by atoms with Crippen LogP contribution in [0, 0.1) is 10.1 Å². The molecule has 0 aromatic heterocycles. The molecule has 6 nitrogen and oxygen atoms in total. The molecule has 2 atom stereocenters. The summed E-state index contributed by atoms with van der Waals surface area (Å²) in [5.41, 5.74) is 0.240. The number of nitro benzene ring substituents is 1. The van der Waals surface area contributed by atoms with Gasteiger partial charge in [-0.05, 0) is 19.1 Å². The van der Waals surface area contributed by atoms with Crippen molar-refractivity contribution in [1.29, 1.82) is 0 Å². The minimum Gasteiger partial charge on any atom is -0.459 e. The van der Waals surface area contributed by atoms with E-state index in [-0.39, 0.29) is 24.5 Å². The first kappa shape index (κ1) is 11.5. The summed E-state index contributed by atoms with van der Waals surface area (Å²) in [6, 6.07) is 5.29. The largest absolute Gasteiger partial charge is 0.459 e. The van der Waals surface area contributed by atoms with Gasteiger partial charge in [0.2, 0.25) is 0 Å². The molecular weight excluding hydrogens is 226 g/mol. The van der Waals surface area contributed by atoms with Crippen LogP contribution in [0.4, 0.5) is 5.69 Å². The third-order valence-corrected chi connectivity index (χ3v) is 2.53. The zero-order valence-corrected chi connectivity index (χ0v) is 9.16. The predicted octanol–water partition coefficient (Wildman–Crippen LogP) is 1.54. The molecule has 2 unspecified atom stereocenters. The first-order valence-corrected chi connectivity index (χ1v) is 5.15. The Morgan fingerprint density at radius 2 is 2.06 bits per heavy atom. The van der Waals surface area contributed by atoms with Crippen molar-refractivity contribution < 1.29 is 19.2 Å². The molecular formula is C11H11NO5. The van der Waals surface area contributed by atoms with E-state index in [4.69, 9.17) is 9.47 Å². The van der Waals surface area contributed by atoms with Gasteiger partial charge in [0.05, 0.1) is 16.6 Å². The minimum absolute atomic E-state index is 0.0167. The Morgan fingerprint density at radius 3 is 2.53 bits per heavy atom. The lowest BCUT2D eigenvalue weighted by atomic mass is 10.2. The molecule has 6 heteroatoms. The van der Waals surface area contributed by atoms with E-state index in [2.05, 4.69) is 0 Å². The molecule has 1 aromatic rings. The third-order valence-electron chi connectivity index (χ3n) is 2.53. The van der Waals surface area contributed by atoms with Crippen LogP contribution in [-0.4, -0.2) is 29.7 Å². The molecule has 0 aliphatic carbocycles. The quantitative estimate of drug-likeness (QED) is 0.343. The Morgan fingerprint density at radius 1 is 1.47 bits per heavy atom. The number of carbonyl (C=O) groups is 1. The Hall–Kier alpha value is -1.95. The summed E-state index contributed by atoms with van der Waals surface area (Å²) >= 11 is 0. The summed E-state index contributed by atoms with van der Waals surface area (Å²) in [7, 11) is 0. The normalized spacial score (nSPS) is 21.9. The molecule has 1 saturated heterocycles. The fourth-order valence-corrected chi connectivity index (χ4v) is 1.37. The van der Waals surface area contributed by atoms with Crippen LogP contribution >= 0.6 is 0 Å². The summed E-state index contributed by atoms with van der Waals surface area (Å²) in [5, 5.41) is 10.4. The maximum absolute atomic E-state index is 11.5. The Bertz CT molecular complexity index is 442. The maximum atomic E-state index is 11.5. The second-order valence-electron chi connectivity index (χ2n) is 3.78. The lowest BCUT2D eigenvalue weighted by Gasteiger charge is -2.02. The van der Waals surface area contributed by atoms with E-state index in [1.54, 1.807) is 0 Å². The van der Waals surface area contributed by atoms with E-state index >= 15 is 0 Å². The molecule has 0 amide bonds. The van der Waals surface area contributed by atoms with Crippen molar-refractivity contribution in [2.75, 3.05) is 6.61 Å². The number of rotatable bonds is 4. The molecule has 90 valence electrons. The van der Waals surface area contributed by atoms with Crippen molar-refractivity contribution >= 4 is 11.7 Å². The highest BCUT2D eigenvalue weighted by atomic mass is 16.6. The maximum Gasteiger partial charge on any atom is 0.338 e. The Labute approximate surface area is 97.3 Å². The van der Waals surface area contributed by atoms with Crippen LogP contribution < -0.4 is 0 Å². The van der Waals surface area contributed by atoms with Crippen LogP contribution in [0.15, 0.2) is 24.3 Å². The first-order chi connectivity index (χ1) is 8.08. The van der Waals surface area contributed by atoms with Crippen molar-refractivity contribution in [3.63, 3.8) is 0 Å². The number of nitrogens with zero attached hydrogens (tertiary/aromatic N) is 1. The van der Waals surface area contributed by atoms with Gasteiger partial charge in [-0.15, -0.1) is 0 Å². The monoisotopic (exact) mass is 237 g/mol. The topological polar surface area (TPSA) is 82.0 Å². The number of esters is 1. The molecule has 1 heterocycles. The molecule has 0 radical (unpaired) electrons. The van der Waals surface area contributed by atoms with E-state index in [0.29, 0.717) is 5.56 Å². The van der Waals surface area contributed by atoms with E-state index in [9.17, 15) is 14.9 Å². The zero-order chi connectivity index (χ0) is 12.4. The van der Waals surface area contributed by atoms with Gasteiger partial charge in [0, 0.05) is 12.1 Å². The van der Waals surface area contributed by atoms with Crippen molar-refractivity contribution in [3.8, 4) is 0 Å². The van der Waals surface area contributed by atoms with Crippen molar-refractivity contribution in [3.05, 3.63) is 39.9 Å². The predicted molar refractivity (Wildman–Crippen MR) is 57.7 cm³/mol. The van der Waals surface area contributed by atoms with Crippen LogP contribution in [0.1, 0.15) is 17.3 Å². The third kappa shape index (κ3) is 2.79. The van der Waals surface area contributed by atoms with Gasteiger partial charge in [0.25, 0.3) is 5.69 Å². The highest BCUT2D eigenvalue weighted by molar-refractivity contribution is 5.89. The van der Waals surface area contributed by atoms with Gasteiger partial charge in [0.15, 0.2) is 0 Å². The summed E-state index contributed by atoms with van der Waals surface area (Å²) in [5.74, 6) is -0.498. The van der Waals surface area contributed by atoms with Crippen molar-refractivity contribution in [2.45, 2.75) is 19.1 Å². The van der Waals surface area contributed by atoms with Crippen molar-refractivity contribution in [1.82, 2.24) is 0 Å². The molecule has 1 fully saturated rings. The number of nitro groups is 1. The standard InChI is InChI=1S/C11H11NO5/c1-7-10(17-7)6-16-11(13)8-2-4-9(5-3-8)12(14)15/h2-5,7,10H,6H2,1H3. The Balaban J connectivity index is 1.92. The second kappa shape index (κ2) is 4.50. The van der Waals surface area contributed by atoms with Crippen LogP contribution in [0.2, 0.25) is 0 Å². The molecule has 1 aliphatic rings. The van der Waals surface area contributed by atoms with Gasteiger partial charge in [-0.1, -0.05) is 0 Å². The second-order valence-corrected chi connectivity index (χ2v) is 3.78. The molecule has 1 aliphatic heterocycles. The van der Waals surface area contributed by atoms with Gasteiger partial charge < -0.3 is 9.47 Å². The highest BCUT2D eigenvalue weighted by Gasteiger charge is 2.35. The van der Waals surface area contributed by atoms with Crippen LogP contribution in [-0.2, 0) is 9.47 Å². The number of epoxide rings is 1. The van der Waals surface area contributed by atoms with Gasteiger partial charge >= 0.3 is 5.97 Å². The SMILES string of the molecule is CC1OC1COC(=O)c1ccc([N+](=O)[O-])cc1. The molecule has 0 N–H and O–H groups in total. The Kier molecular flexibility index (Phi) is 3.06. The number of non-ortho nitro benzene ring substituents is 1. The summed E-state index contributed by atoms with van der Waals surface area (Å²) in [6.07, 6.45) is 0.122. The van der Waals surface area contributed by atoms with Crippen LogP contribution in [0.3, 0.4) is 0 Å². The van der Waals surface area contributed by atoms with Crippen LogP contribution in [0.5, 0.6) is 0 Å². The van der Waals surface area contributed by atoms with Gasteiger partial charge in [-0.3, -0.25) is 10.1 Å². The van der Waals surface area contributed by atoms with E-state index in [1.165, 1.54) is 24.3 Å². The number of ether oxygens (including phenoxy) is 2. The number of hydrogen-bond acceptors (Lipinski definition) is 5. The highest BCUT2D eigenvalue weighted by Crippen LogP contribution is 2.21. The lowest BCUT2D eigenvalue weighted by molar-refractivity contribution is -0.384. The van der Waals surface area contributed by atoms with Gasteiger partial charge in [-0.2, -0.15) is 0 Å². The molecule has 17 heavy (non-hydrogen) atoms. The summed E-state index contributed by atoms with van der Waals surface area (Å²) in [4.78, 5) is 21.4. The minimum atomic E-state index is -0.519. The molecule has 0 spiro atoms. The molecule has 1 aromatic carbocycles. The smallest absolute Gasteiger partial charge is 0.338 e. The number of benzene rings is 1. The zero-order valence-electron chi connectivity index (χ0n) is 9.16. The van der Waals surface area contributed by atoms with E-state index < -0.39 is 10.9 Å². The van der Waals surface area contributed by atoms with Crippen LogP contribution in [0.25, 0.3) is 0 Å².